The van der Waals surface area contributed by atoms with Crippen LogP contribution in [-0.4, -0.2) is 29.5 Å². The number of para-hydroxylation sites is 1. The van der Waals surface area contributed by atoms with Crippen LogP contribution in [0, 0.1) is 13.8 Å². The van der Waals surface area contributed by atoms with Crippen molar-refractivity contribution in [2.75, 3.05) is 23.8 Å². The van der Waals surface area contributed by atoms with Crippen molar-refractivity contribution in [3.63, 3.8) is 0 Å². The molecular formula is C15H18N4O. The van der Waals surface area contributed by atoms with E-state index in [9.17, 15) is 4.79 Å². The molecule has 1 amide bonds. The van der Waals surface area contributed by atoms with Crippen LogP contribution in [-0.2, 0) is 4.79 Å². The van der Waals surface area contributed by atoms with Gasteiger partial charge >= 0.3 is 0 Å². The topological polar surface area (TPSA) is 58.1 Å². The average molecular weight is 270 g/mol. The van der Waals surface area contributed by atoms with Crippen LogP contribution in [0.2, 0.25) is 0 Å². The van der Waals surface area contributed by atoms with Crippen LogP contribution >= 0.6 is 0 Å². The zero-order chi connectivity index (χ0) is 14.5. The number of carbonyl (C=O) groups excluding carboxylic acids is 1. The molecular weight excluding hydrogens is 252 g/mol. The average Bonchev–Trinajstić information content (AvgIpc) is 2.38. The minimum absolute atomic E-state index is 0.0959. The van der Waals surface area contributed by atoms with E-state index in [2.05, 4.69) is 15.3 Å². The standard InChI is InChI=1S/C15H18N4O/c1-11-9-12(2)17-15(16-11)19(3)10-14(20)18-13-7-5-4-6-8-13/h4-9H,10H2,1-3H3,(H,18,20). The van der Waals surface area contributed by atoms with Crippen molar-refractivity contribution in [3.05, 3.63) is 47.8 Å². The van der Waals surface area contributed by atoms with Crippen molar-refractivity contribution in [2.45, 2.75) is 13.8 Å². The molecule has 0 saturated carbocycles. The molecule has 5 heteroatoms. The first-order chi connectivity index (χ1) is 9.54. The van der Waals surface area contributed by atoms with Gasteiger partial charge in [0.1, 0.15) is 0 Å². The van der Waals surface area contributed by atoms with Gasteiger partial charge in [-0.15, -0.1) is 0 Å². The highest BCUT2D eigenvalue weighted by atomic mass is 16.2. The fourth-order valence-electron chi connectivity index (χ4n) is 1.89. The first-order valence-electron chi connectivity index (χ1n) is 6.43. The van der Waals surface area contributed by atoms with Gasteiger partial charge in [0.15, 0.2) is 0 Å². The van der Waals surface area contributed by atoms with Crippen LogP contribution in [0.4, 0.5) is 11.6 Å². The van der Waals surface area contributed by atoms with Crippen molar-refractivity contribution < 1.29 is 4.79 Å². The van der Waals surface area contributed by atoms with E-state index in [1.807, 2.05) is 50.2 Å². The minimum atomic E-state index is -0.0959. The van der Waals surface area contributed by atoms with Crippen molar-refractivity contribution >= 4 is 17.5 Å². The summed E-state index contributed by atoms with van der Waals surface area (Å²) in [7, 11) is 1.80. The molecule has 2 aromatic rings. The monoisotopic (exact) mass is 270 g/mol. The van der Waals surface area contributed by atoms with Crippen molar-refractivity contribution in [1.82, 2.24) is 9.97 Å². The highest BCUT2D eigenvalue weighted by molar-refractivity contribution is 5.93. The number of aryl methyl sites for hydroxylation is 2. The van der Waals surface area contributed by atoms with Gasteiger partial charge in [-0.05, 0) is 32.0 Å². The number of nitrogens with zero attached hydrogens (tertiary/aromatic N) is 3. The van der Waals surface area contributed by atoms with Gasteiger partial charge in [-0.1, -0.05) is 18.2 Å². The molecule has 0 radical (unpaired) electrons. The lowest BCUT2D eigenvalue weighted by Gasteiger charge is -2.17. The molecule has 0 aliphatic heterocycles. The van der Waals surface area contributed by atoms with E-state index in [1.54, 1.807) is 11.9 Å². The number of hydrogen-bond donors (Lipinski definition) is 1. The lowest BCUT2D eigenvalue weighted by atomic mass is 10.3. The van der Waals surface area contributed by atoms with E-state index in [-0.39, 0.29) is 12.5 Å². The Bertz CT molecular complexity index is 578. The Morgan fingerprint density at radius 2 is 1.75 bits per heavy atom. The summed E-state index contributed by atoms with van der Waals surface area (Å²) in [6, 6.07) is 11.3. The third-order valence-corrected chi connectivity index (χ3v) is 2.75. The van der Waals surface area contributed by atoms with E-state index in [4.69, 9.17) is 0 Å². The molecule has 0 atom stereocenters. The van der Waals surface area contributed by atoms with Gasteiger partial charge in [-0.2, -0.15) is 0 Å². The number of anilines is 2. The number of amides is 1. The van der Waals surface area contributed by atoms with E-state index >= 15 is 0 Å². The van der Waals surface area contributed by atoms with E-state index < -0.39 is 0 Å². The largest absolute Gasteiger partial charge is 0.335 e. The summed E-state index contributed by atoms with van der Waals surface area (Å²) >= 11 is 0. The maximum Gasteiger partial charge on any atom is 0.243 e. The predicted molar refractivity (Wildman–Crippen MR) is 79.8 cm³/mol. The second-order valence-corrected chi connectivity index (χ2v) is 4.72. The van der Waals surface area contributed by atoms with Gasteiger partial charge < -0.3 is 10.2 Å². The molecule has 1 N–H and O–H groups in total. The minimum Gasteiger partial charge on any atom is -0.335 e. The van der Waals surface area contributed by atoms with Gasteiger partial charge in [-0.3, -0.25) is 4.79 Å². The van der Waals surface area contributed by atoms with Crippen LogP contribution in [0.15, 0.2) is 36.4 Å². The highest BCUT2D eigenvalue weighted by Gasteiger charge is 2.10. The molecule has 20 heavy (non-hydrogen) atoms. The SMILES string of the molecule is Cc1cc(C)nc(N(C)CC(=O)Nc2ccccc2)n1. The van der Waals surface area contributed by atoms with Crippen LogP contribution in [0.5, 0.6) is 0 Å². The fourth-order valence-corrected chi connectivity index (χ4v) is 1.89. The molecule has 0 aliphatic carbocycles. The first kappa shape index (κ1) is 14.0. The Kier molecular flexibility index (Phi) is 4.30. The number of carbonyl (C=O) groups is 1. The molecule has 5 nitrogen and oxygen atoms in total. The Hall–Kier alpha value is -2.43. The molecule has 0 unspecified atom stereocenters. The number of rotatable bonds is 4. The molecule has 1 aromatic carbocycles. The van der Waals surface area contributed by atoms with Crippen LogP contribution in [0.1, 0.15) is 11.4 Å². The van der Waals surface area contributed by atoms with E-state index in [0.29, 0.717) is 5.95 Å². The van der Waals surface area contributed by atoms with Crippen LogP contribution in [0.25, 0.3) is 0 Å². The molecule has 0 bridgehead atoms. The number of aromatic nitrogens is 2. The third-order valence-electron chi connectivity index (χ3n) is 2.75. The second kappa shape index (κ2) is 6.14. The zero-order valence-electron chi connectivity index (χ0n) is 11.9. The molecule has 0 spiro atoms. The number of benzene rings is 1. The number of likely N-dealkylation sites (N-methyl/N-ethyl adjacent to an activating group) is 1. The number of hydrogen-bond acceptors (Lipinski definition) is 4. The van der Waals surface area contributed by atoms with Crippen molar-refractivity contribution in [3.8, 4) is 0 Å². The molecule has 0 fully saturated rings. The van der Waals surface area contributed by atoms with Gasteiger partial charge in [0.05, 0.1) is 6.54 Å². The molecule has 0 saturated heterocycles. The summed E-state index contributed by atoms with van der Waals surface area (Å²) in [6.45, 7) is 4.03. The molecule has 104 valence electrons. The van der Waals surface area contributed by atoms with Gasteiger partial charge in [0, 0.05) is 24.1 Å². The summed E-state index contributed by atoms with van der Waals surface area (Å²) < 4.78 is 0. The second-order valence-electron chi connectivity index (χ2n) is 4.72. The summed E-state index contributed by atoms with van der Waals surface area (Å²) in [5.41, 5.74) is 2.57. The lowest BCUT2D eigenvalue weighted by molar-refractivity contribution is -0.114. The molecule has 1 heterocycles. The normalized spacial score (nSPS) is 10.2. The molecule has 0 aliphatic rings. The van der Waals surface area contributed by atoms with Gasteiger partial charge in [0.2, 0.25) is 11.9 Å². The molecule has 2 rings (SSSR count). The van der Waals surface area contributed by atoms with E-state index in [1.165, 1.54) is 0 Å². The Labute approximate surface area is 118 Å². The Morgan fingerprint density at radius 3 is 2.35 bits per heavy atom. The summed E-state index contributed by atoms with van der Waals surface area (Å²) in [5, 5.41) is 2.84. The van der Waals surface area contributed by atoms with Crippen molar-refractivity contribution in [2.24, 2.45) is 0 Å². The molecule has 1 aromatic heterocycles. The quantitative estimate of drug-likeness (QED) is 0.925. The Morgan fingerprint density at radius 1 is 1.15 bits per heavy atom. The summed E-state index contributed by atoms with van der Waals surface area (Å²) in [5.74, 6) is 0.465. The smallest absolute Gasteiger partial charge is 0.243 e. The highest BCUT2D eigenvalue weighted by Crippen LogP contribution is 2.09. The predicted octanol–water partition coefficient (Wildman–Crippen LogP) is 2.17. The van der Waals surface area contributed by atoms with Crippen LogP contribution in [0.3, 0.4) is 0 Å². The first-order valence-corrected chi connectivity index (χ1v) is 6.43. The fraction of sp³-hybridized carbons (Fsp3) is 0.267. The van der Waals surface area contributed by atoms with Gasteiger partial charge in [0.25, 0.3) is 0 Å². The lowest BCUT2D eigenvalue weighted by Crippen LogP contribution is -2.31. The number of nitrogens with one attached hydrogen (secondary N) is 1. The maximum atomic E-state index is 12.0. The Balaban J connectivity index is 2.00. The van der Waals surface area contributed by atoms with Gasteiger partial charge in [-0.25, -0.2) is 9.97 Å². The maximum absolute atomic E-state index is 12.0. The van der Waals surface area contributed by atoms with E-state index in [0.717, 1.165) is 17.1 Å². The summed E-state index contributed by atoms with van der Waals surface area (Å²) in [6.07, 6.45) is 0. The third kappa shape index (κ3) is 3.78. The van der Waals surface area contributed by atoms with Crippen molar-refractivity contribution in [1.29, 1.82) is 0 Å². The van der Waals surface area contributed by atoms with Crippen LogP contribution < -0.4 is 10.2 Å². The zero-order valence-corrected chi connectivity index (χ0v) is 11.9. The summed E-state index contributed by atoms with van der Waals surface area (Å²) in [4.78, 5) is 22.3.